The summed E-state index contributed by atoms with van der Waals surface area (Å²) in [5, 5.41) is 2.80. The van der Waals surface area contributed by atoms with Gasteiger partial charge in [0, 0.05) is 12.5 Å². The topological polar surface area (TPSA) is 64.6 Å². The molecular weight excluding hydrogens is 402 g/mol. The third kappa shape index (κ3) is 4.57. The molecule has 0 aromatic heterocycles. The molecule has 1 N–H and O–H groups in total. The standard InChI is InChI=1S/C27H25NO4/c1-31-26-16-19(13-14-20(26)17-29)8-6-7-15-28-27(30)32-18-25-23-11-4-2-9-21(23)22-10-3-5-12-24(22)25/h2-6,8-14,16-17,25H,7,15,18H2,1H3,(H,28,30). The lowest BCUT2D eigenvalue weighted by Crippen LogP contribution is -2.26. The van der Waals surface area contributed by atoms with Crippen LogP contribution in [-0.2, 0) is 4.74 Å². The smallest absolute Gasteiger partial charge is 0.407 e. The predicted octanol–water partition coefficient (Wildman–Crippen LogP) is 5.45. The van der Waals surface area contributed by atoms with Crippen LogP contribution in [0.1, 0.15) is 39.4 Å². The molecule has 4 rings (SSSR count). The molecule has 0 fully saturated rings. The van der Waals surface area contributed by atoms with Gasteiger partial charge in [-0.15, -0.1) is 0 Å². The van der Waals surface area contributed by atoms with Gasteiger partial charge in [0.05, 0.1) is 12.7 Å². The summed E-state index contributed by atoms with van der Waals surface area (Å²) in [6.07, 6.45) is 4.89. The molecular formula is C27H25NO4. The number of nitrogens with one attached hydrogen (secondary N) is 1. The molecule has 162 valence electrons. The summed E-state index contributed by atoms with van der Waals surface area (Å²) in [6.45, 7) is 0.773. The van der Waals surface area contributed by atoms with Crippen molar-refractivity contribution in [1.29, 1.82) is 0 Å². The zero-order chi connectivity index (χ0) is 22.3. The molecule has 1 aliphatic rings. The molecule has 0 saturated carbocycles. The number of rotatable bonds is 8. The Hall–Kier alpha value is -3.86. The second-order valence-electron chi connectivity index (χ2n) is 7.56. The first-order valence-electron chi connectivity index (χ1n) is 10.6. The van der Waals surface area contributed by atoms with Crippen molar-refractivity contribution < 1.29 is 19.1 Å². The fraction of sp³-hybridized carbons (Fsp3) is 0.185. The maximum absolute atomic E-state index is 12.2. The van der Waals surface area contributed by atoms with E-state index in [1.54, 1.807) is 12.1 Å². The summed E-state index contributed by atoms with van der Waals surface area (Å²) >= 11 is 0. The number of amides is 1. The highest BCUT2D eigenvalue weighted by molar-refractivity contribution is 5.80. The van der Waals surface area contributed by atoms with Crippen LogP contribution in [0, 0.1) is 0 Å². The highest BCUT2D eigenvalue weighted by Gasteiger charge is 2.28. The van der Waals surface area contributed by atoms with E-state index in [-0.39, 0.29) is 5.92 Å². The predicted molar refractivity (Wildman–Crippen MR) is 125 cm³/mol. The van der Waals surface area contributed by atoms with Crippen molar-refractivity contribution in [1.82, 2.24) is 5.32 Å². The zero-order valence-corrected chi connectivity index (χ0v) is 17.9. The number of carbonyl (C=O) groups excluding carboxylic acids is 2. The number of benzene rings is 3. The number of carbonyl (C=O) groups is 2. The molecule has 0 radical (unpaired) electrons. The summed E-state index contributed by atoms with van der Waals surface area (Å²) in [4.78, 5) is 23.2. The molecule has 3 aromatic rings. The van der Waals surface area contributed by atoms with Crippen LogP contribution in [0.25, 0.3) is 17.2 Å². The Bertz CT molecular complexity index is 1110. The van der Waals surface area contributed by atoms with Crippen LogP contribution < -0.4 is 10.1 Å². The normalized spacial score (nSPS) is 12.3. The van der Waals surface area contributed by atoms with Gasteiger partial charge in [0.2, 0.25) is 0 Å². The molecule has 1 aliphatic carbocycles. The largest absolute Gasteiger partial charge is 0.496 e. The third-order valence-electron chi connectivity index (χ3n) is 5.62. The summed E-state index contributed by atoms with van der Waals surface area (Å²) in [7, 11) is 1.54. The first kappa shape index (κ1) is 21.4. The minimum Gasteiger partial charge on any atom is -0.496 e. The van der Waals surface area contributed by atoms with Gasteiger partial charge in [-0.2, -0.15) is 0 Å². The number of methoxy groups -OCH3 is 1. The highest BCUT2D eigenvalue weighted by Crippen LogP contribution is 2.44. The van der Waals surface area contributed by atoms with Crippen molar-refractivity contribution in [2.75, 3.05) is 20.3 Å². The van der Waals surface area contributed by atoms with Gasteiger partial charge in [-0.3, -0.25) is 4.79 Å². The average Bonchev–Trinajstić information content (AvgIpc) is 3.16. The van der Waals surface area contributed by atoms with Gasteiger partial charge in [-0.25, -0.2) is 4.79 Å². The van der Waals surface area contributed by atoms with Gasteiger partial charge in [-0.1, -0.05) is 66.7 Å². The van der Waals surface area contributed by atoms with Crippen LogP contribution in [0.3, 0.4) is 0 Å². The minimum absolute atomic E-state index is 0.0531. The molecule has 0 saturated heterocycles. The molecule has 0 aliphatic heterocycles. The second-order valence-corrected chi connectivity index (χ2v) is 7.56. The van der Waals surface area contributed by atoms with E-state index in [0.717, 1.165) is 11.8 Å². The summed E-state index contributed by atoms with van der Waals surface area (Å²) in [5.41, 5.74) is 6.25. The number of fused-ring (bicyclic) bond motifs is 3. The lowest BCUT2D eigenvalue weighted by atomic mass is 9.98. The van der Waals surface area contributed by atoms with E-state index in [4.69, 9.17) is 9.47 Å². The number of aldehydes is 1. The fourth-order valence-corrected chi connectivity index (χ4v) is 4.06. The van der Waals surface area contributed by atoms with E-state index < -0.39 is 6.09 Å². The Morgan fingerprint density at radius 1 is 1.00 bits per heavy atom. The summed E-state index contributed by atoms with van der Waals surface area (Å²) in [5.74, 6) is 0.594. The van der Waals surface area contributed by atoms with E-state index in [1.807, 2.05) is 42.5 Å². The van der Waals surface area contributed by atoms with Crippen LogP contribution in [0.15, 0.2) is 72.8 Å². The van der Waals surface area contributed by atoms with Crippen LogP contribution in [-0.4, -0.2) is 32.6 Å². The SMILES string of the molecule is COc1cc(C=CCCNC(=O)OCC2c3ccccc3-c3ccccc32)ccc1C=O. The van der Waals surface area contributed by atoms with Gasteiger partial charge in [-0.05, 0) is 46.4 Å². The first-order valence-corrected chi connectivity index (χ1v) is 10.6. The first-order chi connectivity index (χ1) is 15.7. The van der Waals surface area contributed by atoms with Gasteiger partial charge < -0.3 is 14.8 Å². The Balaban J connectivity index is 1.27. The van der Waals surface area contributed by atoms with Crippen molar-refractivity contribution >= 4 is 18.5 Å². The second kappa shape index (κ2) is 9.96. The lowest BCUT2D eigenvalue weighted by Gasteiger charge is -2.14. The molecule has 0 unspecified atom stereocenters. The van der Waals surface area contributed by atoms with E-state index in [2.05, 4.69) is 29.6 Å². The van der Waals surface area contributed by atoms with Crippen molar-refractivity contribution in [2.45, 2.75) is 12.3 Å². The molecule has 5 nitrogen and oxygen atoms in total. The van der Waals surface area contributed by atoms with Crippen LogP contribution in [0.5, 0.6) is 5.75 Å². The van der Waals surface area contributed by atoms with E-state index in [0.29, 0.717) is 30.9 Å². The minimum atomic E-state index is -0.419. The molecule has 0 spiro atoms. The quantitative estimate of drug-likeness (QED) is 0.384. The maximum atomic E-state index is 12.2. The number of alkyl carbamates (subject to hydrolysis) is 1. The number of hydrogen-bond acceptors (Lipinski definition) is 4. The highest BCUT2D eigenvalue weighted by atomic mass is 16.5. The van der Waals surface area contributed by atoms with Crippen LogP contribution in [0.2, 0.25) is 0 Å². The molecule has 1 amide bonds. The molecule has 32 heavy (non-hydrogen) atoms. The van der Waals surface area contributed by atoms with Crippen molar-refractivity contribution in [2.24, 2.45) is 0 Å². The third-order valence-corrected chi connectivity index (χ3v) is 5.62. The summed E-state index contributed by atoms with van der Waals surface area (Å²) in [6, 6.07) is 21.9. The van der Waals surface area contributed by atoms with E-state index >= 15 is 0 Å². The monoisotopic (exact) mass is 427 g/mol. The Morgan fingerprint density at radius 3 is 2.34 bits per heavy atom. The van der Waals surface area contributed by atoms with E-state index in [9.17, 15) is 9.59 Å². The molecule has 5 heteroatoms. The number of hydrogen-bond donors (Lipinski definition) is 1. The fourth-order valence-electron chi connectivity index (χ4n) is 4.06. The Labute approximate surface area is 187 Å². The van der Waals surface area contributed by atoms with Gasteiger partial charge >= 0.3 is 6.09 Å². The lowest BCUT2D eigenvalue weighted by molar-refractivity contribution is 0.112. The van der Waals surface area contributed by atoms with E-state index in [1.165, 1.54) is 29.4 Å². The van der Waals surface area contributed by atoms with Crippen molar-refractivity contribution in [3.05, 3.63) is 95.1 Å². The zero-order valence-electron chi connectivity index (χ0n) is 17.9. The van der Waals surface area contributed by atoms with Gasteiger partial charge in [0.15, 0.2) is 6.29 Å². The molecule has 0 atom stereocenters. The molecule has 0 heterocycles. The van der Waals surface area contributed by atoms with Crippen LogP contribution in [0.4, 0.5) is 4.79 Å². The van der Waals surface area contributed by atoms with Gasteiger partial charge in [0.1, 0.15) is 12.4 Å². The Morgan fingerprint density at radius 2 is 1.69 bits per heavy atom. The van der Waals surface area contributed by atoms with Gasteiger partial charge in [0.25, 0.3) is 0 Å². The summed E-state index contributed by atoms with van der Waals surface area (Å²) < 4.78 is 10.7. The molecule has 0 bridgehead atoms. The van der Waals surface area contributed by atoms with Crippen LogP contribution >= 0.6 is 0 Å². The number of ether oxygens (including phenoxy) is 2. The maximum Gasteiger partial charge on any atom is 0.407 e. The van der Waals surface area contributed by atoms with Crippen molar-refractivity contribution in [3.8, 4) is 16.9 Å². The van der Waals surface area contributed by atoms with Crippen molar-refractivity contribution in [3.63, 3.8) is 0 Å². The average molecular weight is 428 g/mol. The Kier molecular flexibility index (Phi) is 6.66. The molecule has 3 aromatic carbocycles.